The summed E-state index contributed by atoms with van der Waals surface area (Å²) in [5, 5.41) is 23.9. The molecule has 2 heterocycles. The maximum absolute atomic E-state index is 13.3. The molecule has 1 unspecified atom stereocenters. The average molecular weight is 720 g/mol. The molecular formula is C34H34N5O11P. The summed E-state index contributed by atoms with van der Waals surface area (Å²) in [5.41, 5.74) is 1.83. The van der Waals surface area contributed by atoms with Gasteiger partial charge in [0.15, 0.2) is 0 Å². The van der Waals surface area contributed by atoms with Gasteiger partial charge in [-0.25, -0.2) is 14.4 Å². The molecule has 1 atom stereocenters. The summed E-state index contributed by atoms with van der Waals surface area (Å²) in [6.45, 7) is 2.12. The van der Waals surface area contributed by atoms with Crippen LogP contribution in [0.4, 0.5) is 5.69 Å². The zero-order valence-corrected chi connectivity index (χ0v) is 28.1. The van der Waals surface area contributed by atoms with Gasteiger partial charge in [-0.1, -0.05) is 12.1 Å². The number of phenols is 1. The second-order valence-corrected chi connectivity index (χ2v) is 12.8. The molecule has 266 valence electrons. The van der Waals surface area contributed by atoms with E-state index in [2.05, 4.69) is 25.6 Å². The van der Waals surface area contributed by atoms with Crippen LogP contribution in [0.15, 0.2) is 87.1 Å². The third-order valence-electron chi connectivity index (χ3n) is 7.63. The number of aromatic hydroxyl groups is 1. The van der Waals surface area contributed by atoms with Crippen LogP contribution in [0.1, 0.15) is 41.3 Å². The van der Waals surface area contributed by atoms with E-state index in [0.717, 1.165) is 6.07 Å². The second-order valence-electron chi connectivity index (χ2n) is 11.7. The fourth-order valence-electron chi connectivity index (χ4n) is 5.29. The van der Waals surface area contributed by atoms with E-state index < -0.39 is 31.3 Å². The molecule has 0 fully saturated rings. The van der Waals surface area contributed by atoms with Crippen LogP contribution in [-0.4, -0.2) is 63.4 Å². The Morgan fingerprint density at radius 3 is 2.35 bits per heavy atom. The number of phosphoric acid groups is 1. The third kappa shape index (κ3) is 10.1. The van der Waals surface area contributed by atoms with E-state index in [1.165, 1.54) is 47.5 Å². The molecule has 0 saturated carbocycles. The Bertz CT molecular complexity index is 2090. The van der Waals surface area contributed by atoms with E-state index in [9.17, 15) is 33.6 Å². The van der Waals surface area contributed by atoms with Crippen molar-refractivity contribution in [3.8, 4) is 11.5 Å². The van der Waals surface area contributed by atoms with Crippen LogP contribution in [0.3, 0.4) is 0 Å². The summed E-state index contributed by atoms with van der Waals surface area (Å²) in [5.74, 6) is -1.86. The molecule has 0 saturated heterocycles. The smallest absolute Gasteiger partial charge is 0.508 e. The van der Waals surface area contributed by atoms with Crippen molar-refractivity contribution in [2.75, 3.05) is 18.1 Å². The Hall–Kier alpha value is -5.83. The second kappa shape index (κ2) is 15.8. The number of carbonyl (C=O) groups excluding carboxylic acids is 4. The summed E-state index contributed by atoms with van der Waals surface area (Å²) in [4.78, 5) is 81.5. The highest BCUT2D eigenvalue weighted by Gasteiger charge is 2.24. The highest BCUT2D eigenvalue weighted by atomic mass is 31.2. The summed E-state index contributed by atoms with van der Waals surface area (Å²) >= 11 is 0. The highest BCUT2D eigenvalue weighted by molar-refractivity contribution is 7.46. The molecule has 0 bridgehead atoms. The molecule has 3 aromatic carbocycles. The van der Waals surface area contributed by atoms with E-state index in [1.54, 1.807) is 31.2 Å². The summed E-state index contributed by atoms with van der Waals surface area (Å²) in [7, 11) is -4.78. The van der Waals surface area contributed by atoms with Gasteiger partial charge in [-0.3, -0.25) is 29.0 Å². The van der Waals surface area contributed by atoms with Crippen molar-refractivity contribution in [1.29, 1.82) is 0 Å². The Labute approximate surface area is 290 Å². The van der Waals surface area contributed by atoms with Gasteiger partial charge in [0.05, 0.1) is 18.5 Å². The van der Waals surface area contributed by atoms with Crippen molar-refractivity contribution in [1.82, 2.24) is 16.0 Å². The van der Waals surface area contributed by atoms with E-state index in [1.807, 2.05) is 0 Å². The van der Waals surface area contributed by atoms with Gasteiger partial charge in [0.1, 0.15) is 23.1 Å². The Kier molecular flexibility index (Phi) is 11.3. The lowest BCUT2D eigenvalue weighted by molar-refractivity contribution is -0.128. The molecule has 4 amide bonds. The van der Waals surface area contributed by atoms with Crippen molar-refractivity contribution >= 4 is 53.8 Å². The molecule has 6 N–H and O–H groups in total. The lowest BCUT2D eigenvalue weighted by Crippen LogP contribution is -2.49. The standard InChI is InChI=1S/C34H34N5O11P/c1-20-15-31(42)39(38-20)24-7-5-22(6-8-24)33(44)35-13-2-14-36-34(45)28(16-21-3-10-26(11-4-21)50-51(46,47)48)37-30(41)17-23-18-32(43)49-29-19-25(40)9-12-27(23)29/h3-12,18-19,28,40H,2,13-17H2,1H3,(H,35,44)(H,36,45)(H,37,41)(H2,46,47,48). The number of amides is 4. The number of phosphoric ester groups is 1. The molecule has 1 aliphatic rings. The zero-order valence-electron chi connectivity index (χ0n) is 27.2. The van der Waals surface area contributed by atoms with Gasteiger partial charge in [-0.2, -0.15) is 5.10 Å². The van der Waals surface area contributed by atoms with Gasteiger partial charge in [0.25, 0.3) is 11.8 Å². The molecule has 0 spiro atoms. The highest BCUT2D eigenvalue weighted by Crippen LogP contribution is 2.37. The Morgan fingerprint density at radius 1 is 0.980 bits per heavy atom. The minimum absolute atomic E-state index is 0.0139. The predicted molar refractivity (Wildman–Crippen MR) is 184 cm³/mol. The SMILES string of the molecule is CC1=NN(c2ccc(C(=O)NCCCNC(=O)C(Cc3ccc(OP(=O)(O)O)cc3)NC(=O)Cc3cc(=O)oc4cc(O)ccc34)cc2)C(=O)C1. The minimum Gasteiger partial charge on any atom is -0.508 e. The van der Waals surface area contributed by atoms with Gasteiger partial charge in [0.2, 0.25) is 11.8 Å². The molecule has 0 radical (unpaired) electrons. The molecule has 51 heavy (non-hydrogen) atoms. The molecule has 4 aromatic rings. The normalized spacial score (nSPS) is 13.4. The topological polar surface area (TPSA) is 237 Å². The van der Waals surface area contributed by atoms with E-state index in [4.69, 9.17) is 14.2 Å². The maximum atomic E-state index is 13.3. The number of nitrogens with one attached hydrogen (secondary N) is 3. The van der Waals surface area contributed by atoms with Gasteiger partial charge in [-0.05, 0) is 73.0 Å². The largest absolute Gasteiger partial charge is 0.524 e. The number of rotatable bonds is 14. The lowest BCUT2D eigenvalue weighted by atomic mass is 10.0. The number of anilines is 1. The molecule has 1 aromatic heterocycles. The summed E-state index contributed by atoms with van der Waals surface area (Å²) in [6.07, 6.45) is 0.285. The number of benzene rings is 3. The molecule has 1 aliphatic heterocycles. The van der Waals surface area contributed by atoms with Crippen molar-refractivity contribution in [3.05, 3.63) is 99.9 Å². The Balaban J connectivity index is 1.19. The quantitative estimate of drug-likeness (QED) is 0.0628. The first-order valence-electron chi connectivity index (χ1n) is 15.7. The van der Waals surface area contributed by atoms with Crippen LogP contribution >= 0.6 is 7.82 Å². The van der Waals surface area contributed by atoms with Crippen LogP contribution in [0.2, 0.25) is 0 Å². The monoisotopic (exact) mass is 719 g/mol. The molecular weight excluding hydrogens is 685 g/mol. The number of hydrazone groups is 1. The number of hydrogen-bond donors (Lipinski definition) is 6. The Morgan fingerprint density at radius 2 is 1.69 bits per heavy atom. The van der Waals surface area contributed by atoms with Crippen molar-refractivity contribution in [2.24, 2.45) is 5.10 Å². The maximum Gasteiger partial charge on any atom is 0.524 e. The number of carbonyl (C=O) groups is 4. The fraction of sp³-hybridized carbons (Fsp3) is 0.235. The first-order chi connectivity index (χ1) is 24.2. The van der Waals surface area contributed by atoms with Gasteiger partial charge in [0, 0.05) is 48.3 Å². The molecule has 16 nitrogen and oxygen atoms in total. The van der Waals surface area contributed by atoms with Crippen molar-refractivity contribution in [2.45, 2.75) is 38.6 Å². The van der Waals surface area contributed by atoms with Crippen LogP contribution in [0.25, 0.3) is 11.0 Å². The summed E-state index contributed by atoms with van der Waals surface area (Å²) < 4.78 is 20.9. The first kappa shape index (κ1) is 36.5. The lowest BCUT2D eigenvalue weighted by Gasteiger charge is -2.19. The van der Waals surface area contributed by atoms with Crippen LogP contribution in [0.5, 0.6) is 11.5 Å². The summed E-state index contributed by atoms with van der Waals surface area (Å²) in [6, 6.07) is 16.2. The number of fused-ring (bicyclic) bond motifs is 1. The first-order valence-corrected chi connectivity index (χ1v) is 17.2. The van der Waals surface area contributed by atoms with Crippen LogP contribution in [-0.2, 0) is 31.8 Å². The minimum atomic E-state index is -4.78. The fourth-order valence-corrected chi connectivity index (χ4v) is 5.69. The molecule has 17 heteroatoms. The number of hydrogen-bond acceptors (Lipinski definition) is 10. The van der Waals surface area contributed by atoms with Gasteiger partial charge < -0.3 is 30.0 Å². The molecule has 0 aliphatic carbocycles. The van der Waals surface area contributed by atoms with Crippen LogP contribution < -0.4 is 31.1 Å². The van der Waals surface area contributed by atoms with Crippen molar-refractivity contribution < 1.29 is 47.6 Å². The average Bonchev–Trinajstić information content (AvgIpc) is 3.41. The van der Waals surface area contributed by atoms with Gasteiger partial charge in [-0.15, -0.1) is 0 Å². The number of nitrogens with zero attached hydrogens (tertiary/aromatic N) is 2. The van der Waals surface area contributed by atoms with Gasteiger partial charge >= 0.3 is 13.4 Å². The number of phenolic OH excluding ortho intramolecular Hbond substituents is 1. The zero-order chi connectivity index (χ0) is 36.7. The molecule has 5 rings (SSSR count). The van der Waals surface area contributed by atoms with E-state index in [0.29, 0.717) is 39.9 Å². The third-order valence-corrected chi connectivity index (χ3v) is 8.08. The predicted octanol–water partition coefficient (Wildman–Crippen LogP) is 2.29. The van der Waals surface area contributed by atoms with E-state index in [-0.39, 0.29) is 61.2 Å². The van der Waals surface area contributed by atoms with Crippen molar-refractivity contribution in [3.63, 3.8) is 0 Å². The van der Waals surface area contributed by atoms with Crippen LogP contribution in [0, 0.1) is 0 Å². The van der Waals surface area contributed by atoms with E-state index >= 15 is 0 Å².